The number of morpholine rings is 2. The molecule has 0 spiro atoms. The molecule has 0 bridgehead atoms. The van der Waals surface area contributed by atoms with Gasteiger partial charge in [-0.15, -0.1) is 0 Å². The molecule has 40 heavy (non-hydrogen) atoms. The van der Waals surface area contributed by atoms with Crippen LogP contribution in [0, 0.1) is 5.82 Å². The number of ether oxygens (including phenoxy) is 2. The number of ketones is 1. The Kier molecular flexibility index (Phi) is 8.62. The highest BCUT2D eigenvalue weighted by molar-refractivity contribution is 7.89. The first-order valence-electron chi connectivity index (χ1n) is 13.3. The van der Waals surface area contributed by atoms with Crippen molar-refractivity contribution in [3.63, 3.8) is 0 Å². The molecule has 0 aromatic heterocycles. The summed E-state index contributed by atoms with van der Waals surface area (Å²) in [5.41, 5.74) is 0.561. The first-order valence-corrected chi connectivity index (χ1v) is 14.7. The van der Waals surface area contributed by atoms with Crippen LogP contribution >= 0.6 is 0 Å². The summed E-state index contributed by atoms with van der Waals surface area (Å²) in [6, 6.07) is 10.1. The van der Waals surface area contributed by atoms with Gasteiger partial charge < -0.3 is 19.5 Å². The number of benzene rings is 2. The van der Waals surface area contributed by atoms with E-state index >= 15 is 0 Å². The molecule has 0 aliphatic carbocycles. The molecule has 3 aliphatic rings. The van der Waals surface area contributed by atoms with E-state index in [-0.39, 0.29) is 35.7 Å². The molecule has 3 fully saturated rings. The summed E-state index contributed by atoms with van der Waals surface area (Å²) >= 11 is 0. The van der Waals surface area contributed by atoms with E-state index in [9.17, 15) is 27.5 Å². The molecule has 214 valence electrons. The van der Waals surface area contributed by atoms with Crippen LogP contribution in [0.4, 0.5) is 4.39 Å². The molecule has 1 amide bonds. The van der Waals surface area contributed by atoms with E-state index < -0.39 is 39.3 Å². The van der Waals surface area contributed by atoms with E-state index in [1.54, 1.807) is 0 Å². The number of likely N-dealkylation sites (tertiary alicyclic amines) is 1. The third-order valence-electron chi connectivity index (χ3n) is 7.44. The van der Waals surface area contributed by atoms with Crippen LogP contribution in [-0.4, -0.2) is 105 Å². The van der Waals surface area contributed by atoms with Crippen molar-refractivity contribution >= 4 is 27.5 Å². The van der Waals surface area contributed by atoms with E-state index in [0.717, 1.165) is 13.1 Å². The number of carbonyl (C=O) groups excluding carboxylic acids is 2. The summed E-state index contributed by atoms with van der Waals surface area (Å²) in [4.78, 5) is 30.1. The third kappa shape index (κ3) is 5.81. The summed E-state index contributed by atoms with van der Waals surface area (Å²) in [5.74, 6) is -2.48. The van der Waals surface area contributed by atoms with Crippen molar-refractivity contribution in [1.82, 2.24) is 14.1 Å². The molecule has 0 unspecified atom stereocenters. The van der Waals surface area contributed by atoms with Crippen molar-refractivity contribution in [2.45, 2.75) is 17.4 Å². The number of hydrogen-bond acceptors (Lipinski definition) is 8. The standard InChI is InChI=1S/C28H32FN3O7S/c29-22-6-2-20(3-7-22)25-24(27(34)28(35)32(25)11-1-10-30-12-16-38-17-13-30)26(33)21-4-8-23(9-5-21)40(36,37)31-14-18-39-19-15-31/h2-9,25,33H,1,10-19H2/t25-/m1/s1. The Balaban J connectivity index is 1.44. The second kappa shape index (κ2) is 12.1. The van der Waals surface area contributed by atoms with Crippen molar-refractivity contribution in [3.05, 3.63) is 71.0 Å². The van der Waals surface area contributed by atoms with Gasteiger partial charge in [-0.25, -0.2) is 12.8 Å². The van der Waals surface area contributed by atoms with E-state index in [4.69, 9.17) is 9.47 Å². The summed E-state index contributed by atoms with van der Waals surface area (Å²) in [7, 11) is -3.75. The number of sulfonamides is 1. The molecule has 5 rings (SSSR count). The van der Waals surface area contributed by atoms with Crippen LogP contribution in [0.2, 0.25) is 0 Å². The topological polar surface area (TPSA) is 117 Å². The lowest BCUT2D eigenvalue weighted by Gasteiger charge is -2.29. The lowest BCUT2D eigenvalue weighted by Crippen LogP contribution is -2.40. The maximum Gasteiger partial charge on any atom is 0.295 e. The number of carbonyl (C=O) groups is 2. The fourth-order valence-electron chi connectivity index (χ4n) is 5.27. The number of amides is 1. The Morgan fingerprint density at radius 1 is 0.875 bits per heavy atom. The monoisotopic (exact) mass is 573 g/mol. The predicted octanol–water partition coefficient (Wildman–Crippen LogP) is 1.99. The number of halogens is 1. The zero-order valence-corrected chi connectivity index (χ0v) is 22.8. The van der Waals surface area contributed by atoms with Crippen LogP contribution < -0.4 is 0 Å². The summed E-state index contributed by atoms with van der Waals surface area (Å²) < 4.78 is 51.7. The van der Waals surface area contributed by atoms with Crippen LogP contribution in [-0.2, 0) is 29.1 Å². The van der Waals surface area contributed by atoms with Gasteiger partial charge in [-0.2, -0.15) is 4.31 Å². The molecule has 12 heteroatoms. The van der Waals surface area contributed by atoms with Gasteiger partial charge in [0.05, 0.1) is 42.9 Å². The van der Waals surface area contributed by atoms with Gasteiger partial charge in [-0.1, -0.05) is 12.1 Å². The molecule has 3 heterocycles. The Morgan fingerprint density at radius 2 is 1.48 bits per heavy atom. The van der Waals surface area contributed by atoms with Crippen LogP contribution in [0.15, 0.2) is 59.0 Å². The van der Waals surface area contributed by atoms with Crippen molar-refractivity contribution in [1.29, 1.82) is 0 Å². The average molecular weight is 574 g/mol. The lowest BCUT2D eigenvalue weighted by molar-refractivity contribution is -0.140. The van der Waals surface area contributed by atoms with Gasteiger partial charge >= 0.3 is 0 Å². The zero-order valence-electron chi connectivity index (χ0n) is 22.0. The Morgan fingerprint density at radius 3 is 2.10 bits per heavy atom. The first-order chi connectivity index (χ1) is 19.3. The predicted molar refractivity (Wildman–Crippen MR) is 143 cm³/mol. The first kappa shape index (κ1) is 28.4. The van der Waals surface area contributed by atoms with Gasteiger partial charge in [-0.05, 0) is 48.4 Å². The van der Waals surface area contributed by atoms with Gasteiger partial charge in [-0.3, -0.25) is 14.5 Å². The molecular weight excluding hydrogens is 541 g/mol. The maximum atomic E-state index is 13.7. The SMILES string of the molecule is O=C1C(=O)N(CCCN2CCOCC2)[C@H](c2ccc(F)cc2)C1=C(O)c1ccc(S(=O)(=O)N2CCOCC2)cc1. The molecule has 0 saturated carbocycles. The van der Waals surface area contributed by atoms with Crippen molar-refractivity contribution in [3.8, 4) is 0 Å². The van der Waals surface area contributed by atoms with E-state index in [1.165, 1.54) is 57.7 Å². The van der Waals surface area contributed by atoms with E-state index in [2.05, 4.69) is 4.90 Å². The highest BCUT2D eigenvalue weighted by Gasteiger charge is 2.46. The molecular formula is C28H32FN3O7S. The molecule has 1 atom stereocenters. The maximum absolute atomic E-state index is 13.7. The fraction of sp³-hybridized carbons (Fsp3) is 0.429. The summed E-state index contributed by atoms with van der Waals surface area (Å²) in [6.07, 6.45) is 0.596. The zero-order chi connectivity index (χ0) is 28.3. The third-order valence-corrected chi connectivity index (χ3v) is 9.35. The van der Waals surface area contributed by atoms with E-state index in [0.29, 0.717) is 45.0 Å². The largest absolute Gasteiger partial charge is 0.507 e. The highest BCUT2D eigenvalue weighted by Crippen LogP contribution is 2.39. The molecule has 10 nitrogen and oxygen atoms in total. The Labute approximate surface area is 232 Å². The van der Waals surface area contributed by atoms with Crippen molar-refractivity contribution < 1.29 is 37.0 Å². The van der Waals surface area contributed by atoms with Crippen LogP contribution in [0.5, 0.6) is 0 Å². The second-order valence-electron chi connectivity index (χ2n) is 9.89. The highest BCUT2D eigenvalue weighted by atomic mass is 32.2. The number of aliphatic hydroxyl groups is 1. The molecule has 3 saturated heterocycles. The number of Topliss-reactive ketones (excluding diaryl/α,β-unsaturated/α-hetero) is 1. The minimum atomic E-state index is -3.75. The Bertz CT molecular complexity index is 1370. The minimum absolute atomic E-state index is 0.0459. The van der Waals surface area contributed by atoms with Crippen LogP contribution in [0.3, 0.4) is 0 Å². The van der Waals surface area contributed by atoms with Gasteiger partial charge in [0.15, 0.2) is 0 Å². The van der Waals surface area contributed by atoms with Gasteiger partial charge in [0.25, 0.3) is 11.7 Å². The van der Waals surface area contributed by atoms with Gasteiger partial charge in [0, 0.05) is 44.8 Å². The van der Waals surface area contributed by atoms with Gasteiger partial charge in [0.2, 0.25) is 10.0 Å². The van der Waals surface area contributed by atoms with Crippen molar-refractivity contribution in [2.24, 2.45) is 0 Å². The van der Waals surface area contributed by atoms with Crippen molar-refractivity contribution in [2.75, 3.05) is 65.7 Å². The molecule has 3 aliphatic heterocycles. The Hall–Kier alpha value is -3.16. The smallest absolute Gasteiger partial charge is 0.295 e. The number of nitrogens with zero attached hydrogens (tertiary/aromatic N) is 3. The van der Waals surface area contributed by atoms with E-state index in [1.807, 2.05) is 0 Å². The van der Waals surface area contributed by atoms with Crippen LogP contribution in [0.25, 0.3) is 5.76 Å². The van der Waals surface area contributed by atoms with Crippen LogP contribution in [0.1, 0.15) is 23.6 Å². The number of aliphatic hydroxyl groups excluding tert-OH is 1. The molecule has 2 aromatic rings. The molecule has 2 aromatic carbocycles. The fourth-order valence-corrected chi connectivity index (χ4v) is 6.68. The average Bonchev–Trinajstić information content (AvgIpc) is 3.23. The second-order valence-corrected chi connectivity index (χ2v) is 11.8. The minimum Gasteiger partial charge on any atom is -0.507 e. The summed E-state index contributed by atoms with van der Waals surface area (Å²) in [5, 5.41) is 11.3. The summed E-state index contributed by atoms with van der Waals surface area (Å²) in [6.45, 7) is 4.96. The lowest BCUT2D eigenvalue weighted by atomic mass is 9.95. The molecule has 0 radical (unpaired) electrons. The normalized spacial score (nSPS) is 22.6. The quantitative estimate of drug-likeness (QED) is 0.290. The molecule has 1 N–H and O–H groups in total. The number of rotatable bonds is 8. The van der Waals surface area contributed by atoms with Gasteiger partial charge in [0.1, 0.15) is 11.6 Å². The number of hydrogen-bond donors (Lipinski definition) is 1.